The summed E-state index contributed by atoms with van der Waals surface area (Å²) >= 11 is 0. The van der Waals surface area contributed by atoms with Gasteiger partial charge in [0.05, 0.1) is 0 Å². The zero-order valence-electron chi connectivity index (χ0n) is 10.1. The molecule has 0 unspecified atom stereocenters. The fraction of sp³-hybridized carbons (Fsp3) is 0.125. The molecule has 0 N–H and O–H groups in total. The fourth-order valence-electron chi connectivity index (χ4n) is 1.71. The summed E-state index contributed by atoms with van der Waals surface area (Å²) in [4.78, 5) is 0. The molecule has 0 saturated heterocycles. The van der Waals surface area contributed by atoms with Gasteiger partial charge in [0, 0.05) is 0 Å². The highest BCUT2D eigenvalue weighted by atomic mass is 31.1. The lowest BCUT2D eigenvalue weighted by molar-refractivity contribution is 1.23. The third-order valence-electron chi connectivity index (χ3n) is 2.56. The summed E-state index contributed by atoms with van der Waals surface area (Å²) in [5, 5.41) is 2.83. The Morgan fingerprint density at radius 1 is 0.824 bits per heavy atom. The monoisotopic (exact) mass is 240 g/mol. The second-order valence-electron chi connectivity index (χ2n) is 3.83. The third-order valence-corrected chi connectivity index (χ3v) is 4.78. The molecule has 17 heavy (non-hydrogen) atoms. The molecule has 2 aromatic rings. The first-order chi connectivity index (χ1) is 8.42. The summed E-state index contributed by atoms with van der Waals surface area (Å²) in [6.45, 7) is 2.18. The van der Waals surface area contributed by atoms with Crippen LogP contribution in [0.3, 0.4) is 0 Å². The molecule has 86 valence electrons. The van der Waals surface area contributed by atoms with Crippen LogP contribution in [0.4, 0.5) is 0 Å². The largest absolute Gasteiger partial charge is 0.0837 e. The summed E-state index contributed by atoms with van der Waals surface area (Å²) in [6.07, 6.45) is 3.37. The maximum atomic E-state index is 2.36. The van der Waals surface area contributed by atoms with E-state index >= 15 is 0 Å². The molecule has 0 spiro atoms. The minimum Gasteiger partial charge on any atom is -0.0837 e. The Morgan fingerprint density at radius 3 is 1.71 bits per heavy atom. The summed E-state index contributed by atoms with van der Waals surface area (Å²) in [5.74, 6) is 2.36. The van der Waals surface area contributed by atoms with Crippen LogP contribution in [0, 0.1) is 0 Å². The van der Waals surface area contributed by atoms with Crippen LogP contribution in [-0.2, 0) is 0 Å². The predicted molar refractivity (Wildman–Crippen MR) is 78.5 cm³/mol. The summed E-state index contributed by atoms with van der Waals surface area (Å²) in [7, 11) is -0.337. The van der Waals surface area contributed by atoms with Crippen LogP contribution in [-0.4, -0.2) is 0 Å². The van der Waals surface area contributed by atoms with Gasteiger partial charge in [0.1, 0.15) is 0 Å². The maximum Gasteiger partial charge on any atom is -0.0157 e. The number of hydrogen-bond donors (Lipinski definition) is 0. The van der Waals surface area contributed by atoms with E-state index in [9.17, 15) is 0 Å². The molecule has 0 radical (unpaired) electrons. The van der Waals surface area contributed by atoms with Crippen molar-refractivity contribution >= 4 is 18.5 Å². The molecule has 0 aliphatic rings. The van der Waals surface area contributed by atoms with E-state index in [-0.39, 0.29) is 7.92 Å². The first-order valence-electron chi connectivity index (χ1n) is 5.98. The van der Waals surface area contributed by atoms with Crippen LogP contribution in [0.5, 0.6) is 0 Å². The Bertz CT molecular complexity index is 420. The van der Waals surface area contributed by atoms with Crippen LogP contribution in [0.15, 0.2) is 72.6 Å². The van der Waals surface area contributed by atoms with E-state index in [1.807, 2.05) is 0 Å². The highest BCUT2D eigenvalue weighted by Gasteiger charge is 2.08. The average molecular weight is 240 g/mol. The van der Waals surface area contributed by atoms with Crippen molar-refractivity contribution in [2.24, 2.45) is 0 Å². The lowest BCUT2D eigenvalue weighted by Gasteiger charge is -2.14. The van der Waals surface area contributed by atoms with Gasteiger partial charge < -0.3 is 0 Å². The van der Waals surface area contributed by atoms with Gasteiger partial charge in [-0.2, -0.15) is 0 Å². The topological polar surface area (TPSA) is 0 Å². The highest BCUT2D eigenvalue weighted by molar-refractivity contribution is 7.75. The fourth-order valence-corrected chi connectivity index (χ4v) is 3.76. The lowest BCUT2D eigenvalue weighted by atomic mass is 10.4. The van der Waals surface area contributed by atoms with Crippen molar-refractivity contribution in [1.82, 2.24) is 0 Å². The highest BCUT2D eigenvalue weighted by Crippen LogP contribution is 2.34. The van der Waals surface area contributed by atoms with E-state index in [1.54, 1.807) is 0 Å². The van der Waals surface area contributed by atoms with Gasteiger partial charge in [-0.15, -0.1) is 0 Å². The standard InChI is InChI=1S/C16H17P/c1-2-3-14-17(15-10-6-4-7-11-15)16-12-8-5-9-13-16/h3-14H,2H2,1H3/b14-3+. The van der Waals surface area contributed by atoms with Gasteiger partial charge in [-0.1, -0.05) is 79.5 Å². The van der Waals surface area contributed by atoms with E-state index in [2.05, 4.69) is 79.5 Å². The van der Waals surface area contributed by atoms with Gasteiger partial charge in [0.2, 0.25) is 0 Å². The zero-order chi connectivity index (χ0) is 11.9. The van der Waals surface area contributed by atoms with Crippen molar-refractivity contribution in [3.8, 4) is 0 Å². The van der Waals surface area contributed by atoms with E-state index < -0.39 is 0 Å². The quantitative estimate of drug-likeness (QED) is 0.707. The van der Waals surface area contributed by atoms with Crippen molar-refractivity contribution in [2.75, 3.05) is 0 Å². The molecule has 0 heterocycles. The van der Waals surface area contributed by atoms with Gasteiger partial charge >= 0.3 is 0 Å². The zero-order valence-corrected chi connectivity index (χ0v) is 11.0. The molecule has 0 aromatic heterocycles. The molecule has 0 fully saturated rings. The molecule has 2 rings (SSSR count). The van der Waals surface area contributed by atoms with Crippen molar-refractivity contribution in [1.29, 1.82) is 0 Å². The van der Waals surface area contributed by atoms with Crippen LogP contribution in [0.2, 0.25) is 0 Å². The Morgan fingerprint density at radius 2 is 1.29 bits per heavy atom. The number of rotatable bonds is 4. The van der Waals surface area contributed by atoms with Crippen molar-refractivity contribution in [2.45, 2.75) is 13.3 Å². The predicted octanol–water partition coefficient (Wildman–Crippen LogP) is 4.04. The smallest absolute Gasteiger partial charge is 0.0157 e. The molecule has 0 saturated carbocycles. The summed E-state index contributed by atoms with van der Waals surface area (Å²) < 4.78 is 0. The molecule has 0 bridgehead atoms. The molecule has 0 aliphatic carbocycles. The van der Waals surface area contributed by atoms with Gasteiger partial charge in [-0.25, -0.2) is 0 Å². The van der Waals surface area contributed by atoms with Gasteiger partial charge in [0.15, 0.2) is 0 Å². The summed E-state index contributed by atoms with van der Waals surface area (Å²) in [5.41, 5.74) is 0. The van der Waals surface area contributed by atoms with Crippen LogP contribution in [0.25, 0.3) is 0 Å². The molecule has 2 aromatic carbocycles. The SMILES string of the molecule is CC/C=C/P(c1ccccc1)c1ccccc1. The normalized spacial score (nSPS) is 11.2. The molecule has 0 atom stereocenters. The second-order valence-corrected chi connectivity index (χ2v) is 5.91. The van der Waals surface area contributed by atoms with Crippen molar-refractivity contribution in [3.63, 3.8) is 0 Å². The minimum absolute atomic E-state index is 0.337. The van der Waals surface area contributed by atoms with Crippen LogP contribution in [0.1, 0.15) is 13.3 Å². The number of hydrogen-bond acceptors (Lipinski definition) is 0. The van der Waals surface area contributed by atoms with Gasteiger partial charge in [-0.3, -0.25) is 0 Å². The second kappa shape index (κ2) is 6.37. The summed E-state index contributed by atoms with van der Waals surface area (Å²) in [6, 6.07) is 21.5. The van der Waals surface area contributed by atoms with E-state index in [1.165, 1.54) is 10.6 Å². The first kappa shape index (κ1) is 12.1. The Hall–Kier alpha value is -1.39. The van der Waals surface area contributed by atoms with Crippen LogP contribution >= 0.6 is 7.92 Å². The molecule has 0 aliphatic heterocycles. The van der Waals surface area contributed by atoms with Crippen molar-refractivity contribution < 1.29 is 0 Å². The van der Waals surface area contributed by atoms with Gasteiger partial charge in [-0.05, 0) is 25.0 Å². The minimum atomic E-state index is -0.337. The van der Waals surface area contributed by atoms with E-state index in [4.69, 9.17) is 0 Å². The van der Waals surface area contributed by atoms with E-state index in [0.717, 1.165) is 6.42 Å². The van der Waals surface area contributed by atoms with Crippen molar-refractivity contribution in [3.05, 3.63) is 72.6 Å². The Kier molecular flexibility index (Phi) is 4.53. The third kappa shape index (κ3) is 3.28. The molecule has 0 amide bonds. The molecular weight excluding hydrogens is 223 g/mol. The van der Waals surface area contributed by atoms with Gasteiger partial charge in [0.25, 0.3) is 0 Å². The maximum absolute atomic E-state index is 2.36. The number of benzene rings is 2. The first-order valence-corrected chi connectivity index (χ1v) is 7.39. The Balaban J connectivity index is 2.36. The lowest BCUT2D eigenvalue weighted by Crippen LogP contribution is -2.09. The molecule has 1 heteroatoms. The van der Waals surface area contributed by atoms with Crippen LogP contribution < -0.4 is 10.6 Å². The van der Waals surface area contributed by atoms with E-state index in [0.29, 0.717) is 0 Å². The average Bonchev–Trinajstić information content (AvgIpc) is 2.42. The molecular formula is C16H17P. The number of allylic oxidation sites excluding steroid dienone is 1. The molecule has 0 nitrogen and oxygen atoms in total. The Labute approximate surface area is 105 Å².